The van der Waals surface area contributed by atoms with Crippen molar-refractivity contribution in [2.24, 2.45) is 0 Å². The van der Waals surface area contributed by atoms with Crippen LogP contribution in [0.1, 0.15) is 32.6 Å². The summed E-state index contributed by atoms with van der Waals surface area (Å²) in [5.41, 5.74) is 0. The van der Waals surface area contributed by atoms with Crippen molar-refractivity contribution < 1.29 is 4.74 Å². The van der Waals surface area contributed by atoms with Crippen LogP contribution in [0.5, 0.6) is 0 Å². The molecule has 0 amide bonds. The zero-order valence-corrected chi connectivity index (χ0v) is 11.9. The molecule has 0 aliphatic carbocycles. The first kappa shape index (κ1) is 14.1. The third-order valence-electron chi connectivity index (χ3n) is 3.37. The van der Waals surface area contributed by atoms with Crippen molar-refractivity contribution in [3.63, 3.8) is 0 Å². The van der Waals surface area contributed by atoms with Crippen LogP contribution in [-0.2, 0) is 4.74 Å². The molecule has 0 bridgehead atoms. The van der Waals surface area contributed by atoms with E-state index in [0.29, 0.717) is 6.10 Å². The van der Waals surface area contributed by atoms with Crippen LogP contribution in [0.25, 0.3) is 0 Å². The molecule has 1 saturated heterocycles. The fourth-order valence-electron chi connectivity index (χ4n) is 2.15. The fourth-order valence-corrected chi connectivity index (χ4v) is 2.15. The molecule has 2 rings (SSSR count). The summed E-state index contributed by atoms with van der Waals surface area (Å²) in [6, 6.07) is 1.91. The third kappa shape index (κ3) is 4.35. The lowest BCUT2D eigenvalue weighted by molar-refractivity contribution is 0.120. The maximum absolute atomic E-state index is 5.59. The Kier molecular flexibility index (Phi) is 5.39. The Bertz CT molecular complexity index is 379. The van der Waals surface area contributed by atoms with Crippen molar-refractivity contribution in [1.82, 2.24) is 9.97 Å². The van der Waals surface area contributed by atoms with Gasteiger partial charge in [-0.15, -0.1) is 0 Å². The molecule has 5 nitrogen and oxygen atoms in total. The van der Waals surface area contributed by atoms with Gasteiger partial charge < -0.3 is 15.0 Å². The number of hydrogen-bond donors (Lipinski definition) is 1. The molecule has 106 valence electrons. The molecule has 0 aromatic carbocycles. The van der Waals surface area contributed by atoms with Crippen LogP contribution in [0.3, 0.4) is 0 Å². The zero-order valence-electron chi connectivity index (χ0n) is 11.9. The van der Waals surface area contributed by atoms with Gasteiger partial charge in [0.25, 0.3) is 0 Å². The highest BCUT2D eigenvalue weighted by atomic mass is 16.5. The predicted molar refractivity (Wildman–Crippen MR) is 77.7 cm³/mol. The van der Waals surface area contributed by atoms with Crippen molar-refractivity contribution in [2.45, 2.75) is 38.7 Å². The highest BCUT2D eigenvalue weighted by molar-refractivity contribution is 5.40. The molecular formula is C14H24N4O. The third-order valence-corrected chi connectivity index (χ3v) is 3.37. The molecule has 1 unspecified atom stereocenters. The van der Waals surface area contributed by atoms with E-state index in [0.717, 1.165) is 44.3 Å². The van der Waals surface area contributed by atoms with Crippen LogP contribution < -0.4 is 10.2 Å². The Hall–Kier alpha value is -1.36. The number of nitrogens with one attached hydrogen (secondary N) is 1. The lowest BCUT2D eigenvalue weighted by Gasteiger charge is -2.17. The number of rotatable bonds is 7. The Morgan fingerprint density at radius 1 is 1.53 bits per heavy atom. The normalized spacial score (nSPS) is 18.5. The van der Waals surface area contributed by atoms with Crippen molar-refractivity contribution in [1.29, 1.82) is 0 Å². The summed E-state index contributed by atoms with van der Waals surface area (Å²) in [4.78, 5) is 10.9. The molecule has 1 N–H and O–H groups in total. The highest BCUT2D eigenvalue weighted by Crippen LogP contribution is 2.14. The lowest BCUT2D eigenvalue weighted by Crippen LogP contribution is -2.22. The summed E-state index contributed by atoms with van der Waals surface area (Å²) in [6.07, 6.45) is 6.79. The first-order chi connectivity index (χ1) is 9.29. The van der Waals surface area contributed by atoms with Gasteiger partial charge in [0.2, 0.25) is 5.95 Å². The standard InChI is InChI=1S/C14H24N4O/c1-3-4-9-18(2)14-15-8-7-13(17-14)16-11-12-6-5-10-19-12/h7-8,12H,3-6,9-11H2,1-2H3,(H,15,16,17). The van der Waals surface area contributed by atoms with E-state index < -0.39 is 0 Å². The summed E-state index contributed by atoms with van der Waals surface area (Å²) in [7, 11) is 2.04. The summed E-state index contributed by atoms with van der Waals surface area (Å²) in [5.74, 6) is 1.66. The van der Waals surface area contributed by atoms with Gasteiger partial charge >= 0.3 is 0 Å². The number of nitrogens with zero attached hydrogens (tertiary/aromatic N) is 3. The van der Waals surface area contributed by atoms with Gasteiger partial charge in [-0.3, -0.25) is 0 Å². The van der Waals surface area contributed by atoms with Crippen molar-refractivity contribution >= 4 is 11.8 Å². The second-order valence-electron chi connectivity index (χ2n) is 5.03. The number of ether oxygens (including phenoxy) is 1. The van der Waals surface area contributed by atoms with E-state index in [9.17, 15) is 0 Å². The van der Waals surface area contributed by atoms with Gasteiger partial charge in [0.05, 0.1) is 6.10 Å². The highest BCUT2D eigenvalue weighted by Gasteiger charge is 2.15. The Morgan fingerprint density at radius 2 is 2.42 bits per heavy atom. The maximum atomic E-state index is 5.59. The van der Waals surface area contributed by atoms with E-state index >= 15 is 0 Å². The van der Waals surface area contributed by atoms with Crippen LogP contribution in [-0.4, -0.2) is 42.8 Å². The molecule has 1 aromatic heterocycles. The molecule has 5 heteroatoms. The molecular weight excluding hydrogens is 240 g/mol. The maximum Gasteiger partial charge on any atom is 0.226 e. The molecule has 0 saturated carbocycles. The van der Waals surface area contributed by atoms with Crippen molar-refractivity contribution in [3.05, 3.63) is 12.3 Å². The van der Waals surface area contributed by atoms with Gasteiger partial charge in [0.15, 0.2) is 0 Å². The largest absolute Gasteiger partial charge is 0.376 e. The summed E-state index contributed by atoms with van der Waals surface area (Å²) in [6.45, 7) is 4.90. The van der Waals surface area contributed by atoms with E-state index in [1.54, 1.807) is 0 Å². The van der Waals surface area contributed by atoms with Gasteiger partial charge in [-0.25, -0.2) is 4.98 Å². The van der Waals surface area contributed by atoms with E-state index in [1.807, 2.05) is 19.3 Å². The fraction of sp³-hybridized carbons (Fsp3) is 0.714. The molecule has 2 heterocycles. The van der Waals surface area contributed by atoms with E-state index in [2.05, 4.69) is 27.1 Å². The minimum absolute atomic E-state index is 0.330. The molecule has 1 aliphatic rings. The first-order valence-electron chi connectivity index (χ1n) is 7.19. The SMILES string of the molecule is CCCCN(C)c1nccc(NCC2CCCO2)n1. The molecule has 19 heavy (non-hydrogen) atoms. The average Bonchev–Trinajstić information content (AvgIpc) is 2.96. The van der Waals surface area contributed by atoms with Crippen LogP contribution in [0.2, 0.25) is 0 Å². The minimum Gasteiger partial charge on any atom is -0.376 e. The lowest BCUT2D eigenvalue weighted by atomic mass is 10.2. The number of hydrogen-bond acceptors (Lipinski definition) is 5. The summed E-state index contributed by atoms with van der Waals surface area (Å²) in [5, 5.41) is 3.34. The number of anilines is 2. The van der Waals surface area contributed by atoms with Crippen molar-refractivity contribution in [3.8, 4) is 0 Å². The van der Waals surface area contributed by atoms with Crippen molar-refractivity contribution in [2.75, 3.05) is 37.0 Å². The molecule has 0 spiro atoms. The number of aromatic nitrogens is 2. The van der Waals surface area contributed by atoms with E-state index in [-0.39, 0.29) is 0 Å². The quantitative estimate of drug-likeness (QED) is 0.819. The molecule has 0 radical (unpaired) electrons. The topological polar surface area (TPSA) is 50.3 Å². The molecule has 1 atom stereocenters. The van der Waals surface area contributed by atoms with Crippen LogP contribution in [0, 0.1) is 0 Å². The first-order valence-corrected chi connectivity index (χ1v) is 7.19. The van der Waals surface area contributed by atoms with Gasteiger partial charge in [-0.05, 0) is 25.3 Å². The smallest absolute Gasteiger partial charge is 0.226 e. The van der Waals surface area contributed by atoms with Crippen LogP contribution in [0.15, 0.2) is 12.3 Å². The van der Waals surface area contributed by atoms with Crippen LogP contribution >= 0.6 is 0 Å². The Labute approximate surface area is 115 Å². The molecule has 1 aromatic rings. The molecule has 1 fully saturated rings. The van der Waals surface area contributed by atoms with Gasteiger partial charge in [0, 0.05) is 32.9 Å². The van der Waals surface area contributed by atoms with E-state index in [4.69, 9.17) is 4.74 Å². The second-order valence-corrected chi connectivity index (χ2v) is 5.03. The monoisotopic (exact) mass is 264 g/mol. The zero-order chi connectivity index (χ0) is 13.5. The van der Waals surface area contributed by atoms with Gasteiger partial charge in [0.1, 0.15) is 5.82 Å². The van der Waals surface area contributed by atoms with Crippen LogP contribution in [0.4, 0.5) is 11.8 Å². The average molecular weight is 264 g/mol. The summed E-state index contributed by atoms with van der Waals surface area (Å²) >= 11 is 0. The predicted octanol–water partition coefficient (Wildman–Crippen LogP) is 2.30. The Morgan fingerprint density at radius 3 is 3.16 bits per heavy atom. The number of unbranched alkanes of at least 4 members (excludes halogenated alkanes) is 1. The summed E-state index contributed by atoms with van der Waals surface area (Å²) < 4.78 is 5.59. The van der Waals surface area contributed by atoms with E-state index in [1.165, 1.54) is 12.8 Å². The minimum atomic E-state index is 0.330. The Balaban J connectivity index is 1.86. The second kappa shape index (κ2) is 7.28. The molecule has 1 aliphatic heterocycles. The van der Waals surface area contributed by atoms with Gasteiger partial charge in [-0.1, -0.05) is 13.3 Å². The van der Waals surface area contributed by atoms with Gasteiger partial charge in [-0.2, -0.15) is 4.98 Å².